The van der Waals surface area contributed by atoms with Crippen LogP contribution in [0.4, 0.5) is 0 Å². The Morgan fingerprint density at radius 3 is 2.44 bits per heavy atom. The highest BCUT2D eigenvalue weighted by Gasteiger charge is 1.96. The van der Waals surface area contributed by atoms with Gasteiger partial charge in [0, 0.05) is 6.54 Å². The van der Waals surface area contributed by atoms with E-state index in [2.05, 4.69) is 42.7 Å². The first-order valence-electron chi connectivity index (χ1n) is 6.15. The predicted octanol–water partition coefficient (Wildman–Crippen LogP) is 2.39. The molecule has 2 N–H and O–H groups in total. The van der Waals surface area contributed by atoms with Crippen molar-refractivity contribution in [2.75, 3.05) is 20.1 Å². The van der Waals surface area contributed by atoms with Crippen molar-refractivity contribution in [3.05, 3.63) is 34.9 Å². The van der Waals surface area contributed by atoms with Gasteiger partial charge >= 0.3 is 0 Å². The summed E-state index contributed by atoms with van der Waals surface area (Å²) < 4.78 is 0. The van der Waals surface area contributed by atoms with Gasteiger partial charge in [0.05, 0.1) is 0 Å². The van der Waals surface area contributed by atoms with Crippen molar-refractivity contribution in [1.82, 2.24) is 10.6 Å². The molecule has 90 valence electrons. The summed E-state index contributed by atoms with van der Waals surface area (Å²) in [7, 11) is 2.00. The second-order valence-electron chi connectivity index (χ2n) is 4.41. The summed E-state index contributed by atoms with van der Waals surface area (Å²) in [4.78, 5) is 0. The maximum Gasteiger partial charge on any atom is 0.0205 e. The topological polar surface area (TPSA) is 24.1 Å². The standard InChI is InChI=1S/C14H24N2/c1-12-6-7-14(10-13(12)2)11-16-9-5-4-8-15-3/h6-7,10,15-16H,4-5,8-9,11H2,1-3H3. The molecule has 1 aromatic rings. The Kier molecular flexibility index (Phi) is 6.12. The Morgan fingerprint density at radius 1 is 1.00 bits per heavy atom. The largest absolute Gasteiger partial charge is 0.320 e. The fraction of sp³-hybridized carbons (Fsp3) is 0.571. The summed E-state index contributed by atoms with van der Waals surface area (Å²) in [6.07, 6.45) is 2.49. The van der Waals surface area contributed by atoms with Crippen LogP contribution < -0.4 is 10.6 Å². The van der Waals surface area contributed by atoms with Crippen molar-refractivity contribution in [1.29, 1.82) is 0 Å². The minimum Gasteiger partial charge on any atom is -0.320 e. The van der Waals surface area contributed by atoms with E-state index >= 15 is 0 Å². The highest BCUT2D eigenvalue weighted by Crippen LogP contribution is 2.09. The fourth-order valence-corrected chi connectivity index (χ4v) is 1.70. The number of unbranched alkanes of at least 4 members (excludes halogenated alkanes) is 1. The molecule has 0 spiro atoms. The molecule has 0 aliphatic rings. The first kappa shape index (κ1) is 13.2. The van der Waals surface area contributed by atoms with Gasteiger partial charge in [-0.2, -0.15) is 0 Å². The van der Waals surface area contributed by atoms with E-state index < -0.39 is 0 Å². The van der Waals surface area contributed by atoms with Gasteiger partial charge in [0.2, 0.25) is 0 Å². The number of benzene rings is 1. The molecular weight excluding hydrogens is 196 g/mol. The number of nitrogens with one attached hydrogen (secondary N) is 2. The summed E-state index contributed by atoms with van der Waals surface area (Å²) in [5, 5.41) is 6.64. The van der Waals surface area contributed by atoms with E-state index in [1.807, 2.05) is 7.05 Å². The molecule has 2 nitrogen and oxygen atoms in total. The predicted molar refractivity (Wildman–Crippen MR) is 70.8 cm³/mol. The molecule has 16 heavy (non-hydrogen) atoms. The lowest BCUT2D eigenvalue weighted by atomic mass is 10.1. The van der Waals surface area contributed by atoms with Crippen molar-refractivity contribution in [2.45, 2.75) is 33.2 Å². The lowest BCUT2D eigenvalue weighted by Crippen LogP contribution is -2.16. The van der Waals surface area contributed by atoms with Crippen LogP contribution in [0.25, 0.3) is 0 Å². The minimum atomic E-state index is 0.987. The van der Waals surface area contributed by atoms with Gasteiger partial charge in [-0.05, 0) is 63.5 Å². The van der Waals surface area contributed by atoms with Crippen LogP contribution in [0.1, 0.15) is 29.5 Å². The normalized spacial score (nSPS) is 10.7. The zero-order valence-electron chi connectivity index (χ0n) is 10.8. The van der Waals surface area contributed by atoms with E-state index in [0.717, 1.165) is 19.6 Å². The van der Waals surface area contributed by atoms with Crippen molar-refractivity contribution in [3.8, 4) is 0 Å². The number of aryl methyl sites for hydroxylation is 2. The highest BCUT2D eigenvalue weighted by atomic mass is 14.8. The molecule has 0 saturated carbocycles. The van der Waals surface area contributed by atoms with Crippen LogP contribution in [-0.2, 0) is 6.54 Å². The average molecular weight is 220 g/mol. The van der Waals surface area contributed by atoms with Crippen molar-refractivity contribution < 1.29 is 0 Å². The summed E-state index contributed by atoms with van der Waals surface area (Å²) in [5.41, 5.74) is 4.14. The van der Waals surface area contributed by atoms with Crippen LogP contribution in [-0.4, -0.2) is 20.1 Å². The Morgan fingerprint density at radius 2 is 1.75 bits per heavy atom. The van der Waals surface area contributed by atoms with E-state index in [0.29, 0.717) is 0 Å². The average Bonchev–Trinajstić information content (AvgIpc) is 2.28. The molecule has 0 bridgehead atoms. The number of rotatable bonds is 7. The smallest absolute Gasteiger partial charge is 0.0205 e. The maximum absolute atomic E-state index is 3.48. The summed E-state index contributed by atoms with van der Waals surface area (Å²) >= 11 is 0. The molecule has 0 radical (unpaired) electrons. The third kappa shape index (κ3) is 4.77. The lowest BCUT2D eigenvalue weighted by molar-refractivity contribution is 0.605. The molecule has 0 amide bonds. The quantitative estimate of drug-likeness (QED) is 0.690. The monoisotopic (exact) mass is 220 g/mol. The minimum absolute atomic E-state index is 0.987. The molecule has 0 aliphatic carbocycles. The van der Waals surface area contributed by atoms with Gasteiger partial charge in [0.1, 0.15) is 0 Å². The van der Waals surface area contributed by atoms with Crippen LogP contribution in [0.2, 0.25) is 0 Å². The maximum atomic E-state index is 3.48. The van der Waals surface area contributed by atoms with E-state index in [4.69, 9.17) is 0 Å². The van der Waals surface area contributed by atoms with Crippen LogP contribution >= 0.6 is 0 Å². The SMILES string of the molecule is CNCCCCNCc1ccc(C)c(C)c1. The molecule has 2 heteroatoms. The van der Waals surface area contributed by atoms with E-state index in [9.17, 15) is 0 Å². The molecular formula is C14H24N2. The van der Waals surface area contributed by atoms with Crippen LogP contribution in [0.5, 0.6) is 0 Å². The van der Waals surface area contributed by atoms with Gasteiger partial charge in [-0.1, -0.05) is 18.2 Å². The van der Waals surface area contributed by atoms with Crippen LogP contribution in [0, 0.1) is 13.8 Å². The zero-order chi connectivity index (χ0) is 11.8. The Hall–Kier alpha value is -0.860. The van der Waals surface area contributed by atoms with Crippen molar-refractivity contribution >= 4 is 0 Å². The second kappa shape index (κ2) is 7.42. The number of hydrogen-bond acceptors (Lipinski definition) is 2. The molecule has 0 atom stereocenters. The van der Waals surface area contributed by atoms with Gasteiger partial charge in [0.25, 0.3) is 0 Å². The first-order valence-corrected chi connectivity index (χ1v) is 6.15. The van der Waals surface area contributed by atoms with E-state index in [1.165, 1.54) is 29.5 Å². The Balaban J connectivity index is 2.19. The van der Waals surface area contributed by atoms with Gasteiger partial charge in [-0.15, -0.1) is 0 Å². The van der Waals surface area contributed by atoms with Gasteiger partial charge in [0.15, 0.2) is 0 Å². The third-order valence-electron chi connectivity index (χ3n) is 2.93. The number of hydrogen-bond donors (Lipinski definition) is 2. The zero-order valence-corrected chi connectivity index (χ0v) is 10.8. The first-order chi connectivity index (χ1) is 7.74. The summed E-state index contributed by atoms with van der Waals surface area (Å²) in [5.74, 6) is 0. The van der Waals surface area contributed by atoms with Crippen LogP contribution in [0.3, 0.4) is 0 Å². The van der Waals surface area contributed by atoms with Crippen molar-refractivity contribution in [2.24, 2.45) is 0 Å². The van der Waals surface area contributed by atoms with E-state index in [-0.39, 0.29) is 0 Å². The fourth-order valence-electron chi connectivity index (χ4n) is 1.70. The highest BCUT2D eigenvalue weighted by molar-refractivity contribution is 5.29. The molecule has 0 unspecified atom stereocenters. The molecule has 0 heterocycles. The Bertz CT molecular complexity index is 308. The van der Waals surface area contributed by atoms with Crippen LogP contribution in [0.15, 0.2) is 18.2 Å². The Labute approximate surface area is 99.5 Å². The molecule has 0 aliphatic heterocycles. The molecule has 0 saturated heterocycles. The third-order valence-corrected chi connectivity index (χ3v) is 2.93. The van der Waals surface area contributed by atoms with Crippen molar-refractivity contribution in [3.63, 3.8) is 0 Å². The molecule has 1 rings (SSSR count). The summed E-state index contributed by atoms with van der Waals surface area (Å²) in [6.45, 7) is 7.54. The molecule has 0 aromatic heterocycles. The van der Waals surface area contributed by atoms with Gasteiger partial charge in [-0.3, -0.25) is 0 Å². The molecule has 1 aromatic carbocycles. The lowest BCUT2D eigenvalue weighted by Gasteiger charge is -2.07. The van der Waals surface area contributed by atoms with Gasteiger partial charge < -0.3 is 10.6 Å². The molecule has 0 fully saturated rings. The summed E-state index contributed by atoms with van der Waals surface area (Å²) in [6, 6.07) is 6.69. The van der Waals surface area contributed by atoms with Gasteiger partial charge in [-0.25, -0.2) is 0 Å². The van der Waals surface area contributed by atoms with E-state index in [1.54, 1.807) is 0 Å². The second-order valence-corrected chi connectivity index (χ2v) is 4.41.